The number of benzene rings is 1. The lowest BCUT2D eigenvalue weighted by molar-refractivity contribution is -0.122. The van der Waals surface area contributed by atoms with Crippen LogP contribution in [0.5, 0.6) is 11.5 Å². The molecule has 0 radical (unpaired) electrons. The minimum atomic E-state index is -0.600. The van der Waals surface area contributed by atoms with Crippen molar-refractivity contribution in [1.29, 1.82) is 0 Å². The Hall–Kier alpha value is -2.44. The molecule has 0 aliphatic rings. The average molecular weight is 423 g/mol. The van der Waals surface area contributed by atoms with Crippen molar-refractivity contribution < 1.29 is 23.8 Å². The lowest BCUT2D eigenvalue weighted by Gasteiger charge is -2.28. The van der Waals surface area contributed by atoms with Crippen LogP contribution in [0.1, 0.15) is 47.1 Å². The summed E-state index contributed by atoms with van der Waals surface area (Å²) < 4.78 is 16.0. The number of methoxy groups -OCH3 is 2. The molecule has 2 amide bonds. The summed E-state index contributed by atoms with van der Waals surface area (Å²) in [6, 6.07) is 5.82. The van der Waals surface area contributed by atoms with Crippen LogP contribution in [-0.4, -0.2) is 56.4 Å². The van der Waals surface area contributed by atoms with Crippen LogP contribution < -0.4 is 14.8 Å². The SMILES string of the molecule is COc1ccc(C[C@@H](C)CNC(=O)CN(CC(C)C)C(=O)OC(C)(C)C)cc1OC. The zero-order valence-corrected chi connectivity index (χ0v) is 19.7. The van der Waals surface area contributed by atoms with Gasteiger partial charge in [-0.3, -0.25) is 9.69 Å². The highest BCUT2D eigenvalue weighted by atomic mass is 16.6. The van der Waals surface area contributed by atoms with Gasteiger partial charge in [-0.25, -0.2) is 4.79 Å². The van der Waals surface area contributed by atoms with E-state index in [1.165, 1.54) is 4.90 Å². The van der Waals surface area contributed by atoms with Crippen molar-refractivity contribution in [3.63, 3.8) is 0 Å². The van der Waals surface area contributed by atoms with Crippen molar-refractivity contribution in [3.05, 3.63) is 23.8 Å². The quantitative estimate of drug-likeness (QED) is 0.619. The zero-order valence-electron chi connectivity index (χ0n) is 19.7. The third-order valence-electron chi connectivity index (χ3n) is 4.25. The first-order valence-corrected chi connectivity index (χ1v) is 10.4. The van der Waals surface area contributed by atoms with Gasteiger partial charge in [0.15, 0.2) is 11.5 Å². The smallest absolute Gasteiger partial charge is 0.410 e. The van der Waals surface area contributed by atoms with E-state index in [9.17, 15) is 9.59 Å². The first-order chi connectivity index (χ1) is 13.9. The van der Waals surface area contributed by atoms with Gasteiger partial charge in [-0.2, -0.15) is 0 Å². The highest BCUT2D eigenvalue weighted by molar-refractivity contribution is 5.82. The fourth-order valence-electron chi connectivity index (χ4n) is 2.97. The molecule has 0 spiro atoms. The number of hydrogen-bond donors (Lipinski definition) is 1. The monoisotopic (exact) mass is 422 g/mol. The predicted octanol–water partition coefficient (Wildman–Crippen LogP) is 3.89. The second-order valence-corrected chi connectivity index (χ2v) is 9.06. The van der Waals surface area contributed by atoms with Crippen molar-refractivity contribution in [2.24, 2.45) is 11.8 Å². The predicted molar refractivity (Wildman–Crippen MR) is 118 cm³/mol. The van der Waals surface area contributed by atoms with Gasteiger partial charge in [-0.15, -0.1) is 0 Å². The fourth-order valence-corrected chi connectivity index (χ4v) is 2.97. The Morgan fingerprint density at radius 3 is 2.23 bits per heavy atom. The van der Waals surface area contributed by atoms with Crippen LogP contribution in [-0.2, 0) is 16.0 Å². The summed E-state index contributed by atoms with van der Waals surface area (Å²) in [7, 11) is 3.22. The average Bonchev–Trinajstić information content (AvgIpc) is 2.64. The summed E-state index contributed by atoms with van der Waals surface area (Å²) in [4.78, 5) is 26.3. The molecule has 0 saturated heterocycles. The van der Waals surface area contributed by atoms with Crippen molar-refractivity contribution >= 4 is 12.0 Å². The summed E-state index contributed by atoms with van der Waals surface area (Å²) in [5.74, 6) is 1.63. The molecule has 0 aliphatic carbocycles. The Morgan fingerprint density at radius 1 is 1.07 bits per heavy atom. The molecule has 1 rings (SSSR count). The molecule has 0 fully saturated rings. The molecule has 1 aromatic carbocycles. The number of carbonyl (C=O) groups is 2. The lowest BCUT2D eigenvalue weighted by atomic mass is 10.0. The van der Waals surface area contributed by atoms with Gasteiger partial charge in [0, 0.05) is 13.1 Å². The minimum Gasteiger partial charge on any atom is -0.493 e. The van der Waals surface area contributed by atoms with E-state index in [0.29, 0.717) is 24.6 Å². The summed E-state index contributed by atoms with van der Waals surface area (Å²) >= 11 is 0. The van der Waals surface area contributed by atoms with Gasteiger partial charge in [0.2, 0.25) is 5.91 Å². The minimum absolute atomic E-state index is 0.0177. The molecule has 0 bridgehead atoms. The Balaban J connectivity index is 2.61. The van der Waals surface area contributed by atoms with E-state index >= 15 is 0 Å². The Bertz CT molecular complexity index is 697. The van der Waals surface area contributed by atoms with Gasteiger partial charge in [0.05, 0.1) is 14.2 Å². The van der Waals surface area contributed by atoms with Gasteiger partial charge < -0.3 is 19.5 Å². The second kappa shape index (κ2) is 11.7. The number of amides is 2. The third-order valence-corrected chi connectivity index (χ3v) is 4.25. The van der Waals surface area contributed by atoms with Gasteiger partial charge in [0.25, 0.3) is 0 Å². The summed E-state index contributed by atoms with van der Waals surface area (Å²) in [5, 5.41) is 2.93. The molecule has 0 aromatic heterocycles. The Morgan fingerprint density at radius 2 is 1.70 bits per heavy atom. The van der Waals surface area contributed by atoms with E-state index in [1.807, 2.05) is 52.8 Å². The highest BCUT2D eigenvalue weighted by Gasteiger charge is 2.24. The second-order valence-electron chi connectivity index (χ2n) is 9.06. The van der Waals surface area contributed by atoms with Gasteiger partial charge in [-0.1, -0.05) is 26.8 Å². The number of rotatable bonds is 10. The largest absolute Gasteiger partial charge is 0.493 e. The fraction of sp³-hybridized carbons (Fsp3) is 0.652. The highest BCUT2D eigenvalue weighted by Crippen LogP contribution is 2.28. The Kier molecular flexibility index (Phi) is 9.96. The molecule has 30 heavy (non-hydrogen) atoms. The standard InChI is InChI=1S/C23H38N2O5/c1-16(2)14-25(22(27)30-23(4,5)6)15-21(26)24-13-17(3)11-18-9-10-19(28-7)20(12-18)29-8/h9-10,12,16-17H,11,13-15H2,1-8H3,(H,24,26)/t17-/m1/s1. The molecular formula is C23H38N2O5. The maximum absolute atomic E-state index is 12.4. The maximum Gasteiger partial charge on any atom is 0.410 e. The van der Waals surface area contributed by atoms with Crippen LogP contribution in [0.4, 0.5) is 4.79 Å². The van der Waals surface area contributed by atoms with Crippen LogP contribution >= 0.6 is 0 Å². The van der Waals surface area contributed by atoms with Crippen LogP contribution in [0.2, 0.25) is 0 Å². The van der Waals surface area contributed by atoms with Gasteiger partial charge >= 0.3 is 6.09 Å². The van der Waals surface area contributed by atoms with Crippen LogP contribution in [0.15, 0.2) is 18.2 Å². The molecule has 0 heterocycles. The molecule has 1 N–H and O–H groups in total. The molecule has 0 saturated carbocycles. The molecule has 7 nitrogen and oxygen atoms in total. The number of carbonyl (C=O) groups excluding carboxylic acids is 2. The molecule has 0 aliphatic heterocycles. The van der Waals surface area contributed by atoms with Gasteiger partial charge in [-0.05, 0) is 56.7 Å². The molecule has 170 valence electrons. The molecule has 1 aromatic rings. The van der Waals surface area contributed by atoms with E-state index in [2.05, 4.69) is 12.2 Å². The summed E-state index contributed by atoms with van der Waals surface area (Å²) in [6.45, 7) is 12.5. The van der Waals surface area contributed by atoms with E-state index in [1.54, 1.807) is 14.2 Å². The van der Waals surface area contributed by atoms with Crippen LogP contribution in [0.25, 0.3) is 0 Å². The first-order valence-electron chi connectivity index (χ1n) is 10.4. The molecular weight excluding hydrogens is 384 g/mol. The molecule has 1 atom stereocenters. The normalized spacial score (nSPS) is 12.3. The number of ether oxygens (including phenoxy) is 3. The van der Waals surface area contributed by atoms with E-state index in [4.69, 9.17) is 14.2 Å². The van der Waals surface area contributed by atoms with Crippen LogP contribution in [0.3, 0.4) is 0 Å². The van der Waals surface area contributed by atoms with E-state index in [0.717, 1.165) is 12.0 Å². The summed E-state index contributed by atoms with van der Waals surface area (Å²) in [5.41, 5.74) is 0.501. The summed E-state index contributed by atoms with van der Waals surface area (Å²) in [6.07, 6.45) is 0.312. The first kappa shape index (κ1) is 25.6. The van der Waals surface area contributed by atoms with Crippen molar-refractivity contribution in [1.82, 2.24) is 10.2 Å². The number of nitrogens with one attached hydrogen (secondary N) is 1. The topological polar surface area (TPSA) is 77.1 Å². The van der Waals surface area contributed by atoms with Gasteiger partial charge in [0.1, 0.15) is 12.1 Å². The van der Waals surface area contributed by atoms with Crippen molar-refractivity contribution in [2.45, 2.75) is 53.6 Å². The lowest BCUT2D eigenvalue weighted by Crippen LogP contribution is -2.45. The van der Waals surface area contributed by atoms with Crippen molar-refractivity contribution in [2.75, 3.05) is 33.9 Å². The van der Waals surface area contributed by atoms with Crippen LogP contribution in [0, 0.1) is 11.8 Å². The number of nitrogens with zero attached hydrogens (tertiary/aromatic N) is 1. The number of hydrogen-bond acceptors (Lipinski definition) is 5. The molecule has 0 unspecified atom stereocenters. The Labute approximate surface area is 181 Å². The third kappa shape index (κ3) is 9.37. The van der Waals surface area contributed by atoms with E-state index in [-0.39, 0.29) is 24.3 Å². The zero-order chi connectivity index (χ0) is 22.9. The maximum atomic E-state index is 12.4. The van der Waals surface area contributed by atoms with Crippen molar-refractivity contribution in [3.8, 4) is 11.5 Å². The molecule has 7 heteroatoms. The van der Waals surface area contributed by atoms with E-state index < -0.39 is 11.7 Å².